The van der Waals surface area contributed by atoms with E-state index in [0.717, 1.165) is 28.8 Å². The number of allylic oxidation sites excluding steroid dienone is 2. The first kappa shape index (κ1) is 24.5. The van der Waals surface area contributed by atoms with E-state index in [9.17, 15) is 0 Å². The minimum Gasteiger partial charge on any atom is -0.385 e. The molecular formula is C26H40N4O2. The van der Waals surface area contributed by atoms with Crippen LogP contribution in [0, 0.1) is 5.41 Å². The van der Waals surface area contributed by atoms with E-state index in [1.54, 1.807) is 18.0 Å². The third-order valence-corrected chi connectivity index (χ3v) is 6.16. The molecular weight excluding hydrogens is 400 g/mol. The Balaban J connectivity index is 0.000000269. The van der Waals surface area contributed by atoms with Crippen molar-refractivity contribution in [3.05, 3.63) is 36.3 Å². The van der Waals surface area contributed by atoms with Gasteiger partial charge in [0.15, 0.2) is 5.79 Å². The highest BCUT2D eigenvalue weighted by Crippen LogP contribution is 2.33. The number of fused-ring (bicyclic) bond motifs is 1. The maximum absolute atomic E-state index is 5.81. The molecule has 0 bridgehead atoms. The Kier molecular flexibility index (Phi) is 8.49. The fourth-order valence-corrected chi connectivity index (χ4v) is 3.70. The van der Waals surface area contributed by atoms with Crippen LogP contribution in [-0.2, 0) is 9.47 Å². The minimum atomic E-state index is -0.495. The van der Waals surface area contributed by atoms with Gasteiger partial charge in [0.2, 0.25) is 0 Å². The van der Waals surface area contributed by atoms with Gasteiger partial charge in [-0.2, -0.15) is 0 Å². The molecule has 0 radical (unpaired) electrons. The fraction of sp³-hybridized carbons (Fsp3) is 0.615. The van der Waals surface area contributed by atoms with Crippen LogP contribution in [0.15, 0.2) is 36.3 Å². The summed E-state index contributed by atoms with van der Waals surface area (Å²) in [4.78, 5) is 8.57. The average Bonchev–Trinajstić information content (AvgIpc) is 2.76. The predicted molar refractivity (Wildman–Crippen MR) is 133 cm³/mol. The first-order chi connectivity index (χ1) is 15.4. The lowest BCUT2D eigenvalue weighted by Gasteiger charge is -2.41. The van der Waals surface area contributed by atoms with Gasteiger partial charge in [0.25, 0.3) is 0 Å². The van der Waals surface area contributed by atoms with Crippen molar-refractivity contribution in [1.29, 1.82) is 0 Å². The van der Waals surface area contributed by atoms with E-state index in [0.29, 0.717) is 13.2 Å². The molecule has 176 valence electrons. The molecule has 0 spiro atoms. The molecule has 3 heterocycles. The number of ether oxygens (including phenoxy) is 2. The van der Waals surface area contributed by atoms with Gasteiger partial charge in [-0.05, 0) is 45.6 Å². The second-order valence-corrected chi connectivity index (χ2v) is 9.69. The van der Waals surface area contributed by atoms with E-state index in [-0.39, 0.29) is 5.41 Å². The van der Waals surface area contributed by atoms with Gasteiger partial charge in [0.05, 0.1) is 42.5 Å². The number of hydrogen-bond acceptors (Lipinski definition) is 6. The number of aromatic nitrogens is 2. The highest BCUT2D eigenvalue weighted by Gasteiger charge is 2.36. The zero-order valence-electron chi connectivity index (χ0n) is 20.5. The van der Waals surface area contributed by atoms with E-state index in [4.69, 9.17) is 9.47 Å². The smallest absolute Gasteiger partial charge is 0.162 e. The summed E-state index contributed by atoms with van der Waals surface area (Å²) in [7, 11) is 1.90. The normalized spacial score (nSPS) is 18.8. The van der Waals surface area contributed by atoms with Crippen molar-refractivity contribution >= 4 is 22.3 Å². The van der Waals surface area contributed by atoms with Crippen LogP contribution in [0.1, 0.15) is 66.2 Å². The van der Waals surface area contributed by atoms with Crippen molar-refractivity contribution in [3.8, 4) is 0 Å². The number of anilines is 2. The zero-order valence-corrected chi connectivity index (χ0v) is 20.5. The fourth-order valence-electron chi connectivity index (χ4n) is 3.70. The molecule has 2 aliphatic rings. The quantitative estimate of drug-likeness (QED) is 0.397. The highest BCUT2D eigenvalue weighted by atomic mass is 16.7. The van der Waals surface area contributed by atoms with E-state index in [2.05, 4.69) is 40.5 Å². The van der Waals surface area contributed by atoms with Crippen molar-refractivity contribution < 1.29 is 9.47 Å². The summed E-state index contributed by atoms with van der Waals surface area (Å²) in [5.74, 6) is -0.495. The van der Waals surface area contributed by atoms with Crippen LogP contribution in [0.3, 0.4) is 0 Å². The topological polar surface area (TPSA) is 68.3 Å². The van der Waals surface area contributed by atoms with Crippen LogP contribution in [-0.4, -0.2) is 42.6 Å². The Bertz CT molecular complexity index is 894. The van der Waals surface area contributed by atoms with Crippen molar-refractivity contribution in [3.63, 3.8) is 0 Å². The van der Waals surface area contributed by atoms with E-state index in [1.165, 1.54) is 38.5 Å². The van der Waals surface area contributed by atoms with Crippen LogP contribution in [0.2, 0.25) is 0 Å². The average molecular weight is 441 g/mol. The number of unbranched alkanes of at least 4 members (excludes halogenated alkanes) is 2. The summed E-state index contributed by atoms with van der Waals surface area (Å²) in [5.41, 5.74) is 4.50. The van der Waals surface area contributed by atoms with Gasteiger partial charge in [0, 0.05) is 30.6 Å². The molecule has 2 aromatic rings. The number of pyridine rings is 2. The third kappa shape index (κ3) is 6.66. The van der Waals surface area contributed by atoms with Gasteiger partial charge in [-0.1, -0.05) is 38.3 Å². The number of hydrogen-bond donors (Lipinski definition) is 2. The summed E-state index contributed by atoms with van der Waals surface area (Å²) in [6.45, 7) is 10.4. The van der Waals surface area contributed by atoms with Crippen molar-refractivity contribution in [2.75, 3.05) is 37.4 Å². The van der Waals surface area contributed by atoms with Crippen molar-refractivity contribution in [2.45, 2.75) is 72.0 Å². The molecule has 0 amide bonds. The predicted octanol–water partition coefficient (Wildman–Crippen LogP) is 6.16. The maximum Gasteiger partial charge on any atom is 0.162 e. The first-order valence-electron chi connectivity index (χ1n) is 12.0. The third-order valence-electron chi connectivity index (χ3n) is 6.16. The van der Waals surface area contributed by atoms with Gasteiger partial charge >= 0.3 is 0 Å². The molecule has 2 N–H and O–H groups in total. The lowest BCUT2D eigenvalue weighted by molar-refractivity contribution is -0.279. The Morgan fingerprint density at radius 1 is 1.12 bits per heavy atom. The van der Waals surface area contributed by atoms with Gasteiger partial charge in [-0.25, -0.2) is 0 Å². The molecule has 0 atom stereocenters. The second kappa shape index (κ2) is 11.1. The number of nitrogens with zero attached hydrogens (tertiary/aromatic N) is 2. The Morgan fingerprint density at radius 2 is 1.88 bits per heavy atom. The number of rotatable bonds is 7. The largest absolute Gasteiger partial charge is 0.385 e. The van der Waals surface area contributed by atoms with E-state index in [1.807, 2.05) is 33.2 Å². The molecule has 1 saturated heterocycles. The Labute approximate surface area is 193 Å². The summed E-state index contributed by atoms with van der Waals surface area (Å²) < 4.78 is 11.6. The minimum absolute atomic E-state index is 0.0802. The molecule has 2 aromatic heterocycles. The lowest BCUT2D eigenvalue weighted by Crippen LogP contribution is -2.48. The molecule has 4 rings (SSSR count). The molecule has 1 saturated carbocycles. The molecule has 32 heavy (non-hydrogen) atoms. The summed E-state index contributed by atoms with van der Waals surface area (Å²) in [6, 6.07) is 1.98. The molecule has 1 aliphatic heterocycles. The molecule has 0 aromatic carbocycles. The molecule has 1 aliphatic carbocycles. The van der Waals surface area contributed by atoms with Crippen LogP contribution >= 0.6 is 0 Å². The van der Waals surface area contributed by atoms with Gasteiger partial charge in [0.1, 0.15) is 0 Å². The molecule has 6 nitrogen and oxygen atoms in total. The Hall–Kier alpha value is -2.18. The van der Waals surface area contributed by atoms with Crippen molar-refractivity contribution in [2.24, 2.45) is 5.41 Å². The zero-order chi connectivity index (χ0) is 23.0. The summed E-state index contributed by atoms with van der Waals surface area (Å²) >= 11 is 0. The lowest BCUT2D eigenvalue weighted by atomic mass is 9.91. The first-order valence-corrected chi connectivity index (χ1v) is 12.0. The van der Waals surface area contributed by atoms with E-state index < -0.39 is 5.79 Å². The number of nitrogens with one attached hydrogen (secondary N) is 2. The maximum atomic E-state index is 5.81. The monoisotopic (exact) mass is 440 g/mol. The van der Waals surface area contributed by atoms with Crippen LogP contribution in [0.25, 0.3) is 10.9 Å². The van der Waals surface area contributed by atoms with Crippen molar-refractivity contribution in [1.82, 2.24) is 9.97 Å². The van der Waals surface area contributed by atoms with Gasteiger partial charge in [-0.3, -0.25) is 9.97 Å². The van der Waals surface area contributed by atoms with Gasteiger partial charge in [-0.15, -0.1) is 0 Å². The Morgan fingerprint density at radius 3 is 2.50 bits per heavy atom. The summed E-state index contributed by atoms with van der Waals surface area (Å²) in [5, 5.41) is 7.80. The standard InChI is InChI=1S/C17H24N4O2.C9H16/c1-16(2)22-10-17(3,11-23-16)9-21-15-12-5-6-19-7-13(12)20-8-14(15)18-4;1-2-3-4-6-9-7-5-8-9/h5-8,18H,9-11H2,1-4H3,(H,20,21);6H,2-5,7-8H2,1H3. The summed E-state index contributed by atoms with van der Waals surface area (Å²) in [6.07, 6.45) is 16.1. The van der Waals surface area contributed by atoms with Crippen LogP contribution in [0.5, 0.6) is 0 Å². The van der Waals surface area contributed by atoms with Crippen LogP contribution < -0.4 is 10.6 Å². The second-order valence-electron chi connectivity index (χ2n) is 9.69. The van der Waals surface area contributed by atoms with E-state index >= 15 is 0 Å². The van der Waals surface area contributed by atoms with Crippen LogP contribution in [0.4, 0.5) is 11.4 Å². The highest BCUT2D eigenvalue weighted by molar-refractivity contribution is 5.97. The molecule has 0 unspecified atom stereocenters. The molecule has 2 fully saturated rings. The van der Waals surface area contributed by atoms with Gasteiger partial charge < -0.3 is 20.1 Å². The molecule has 6 heteroatoms. The SMILES string of the molecule is CCCCC=C1CCC1.CNc1cnc2cnccc2c1NCC1(C)COC(C)(C)OC1.